The van der Waals surface area contributed by atoms with Crippen molar-refractivity contribution >= 4 is 7.60 Å². The summed E-state index contributed by atoms with van der Waals surface area (Å²) in [6, 6.07) is 8.05. The number of rotatable bonds is 14. The molecule has 0 fully saturated rings. The Labute approximate surface area is 166 Å². The van der Waals surface area contributed by atoms with Gasteiger partial charge in [0.1, 0.15) is 6.67 Å². The van der Waals surface area contributed by atoms with Crippen LogP contribution in [0.5, 0.6) is 0 Å². The Morgan fingerprint density at radius 1 is 1.11 bits per heavy atom. The van der Waals surface area contributed by atoms with Crippen molar-refractivity contribution in [2.75, 3.05) is 6.67 Å². The van der Waals surface area contributed by atoms with E-state index in [1.165, 1.54) is 37.7 Å². The predicted octanol–water partition coefficient (Wildman–Crippen LogP) is 6.23. The van der Waals surface area contributed by atoms with Crippen molar-refractivity contribution < 1.29 is 18.7 Å². The molecule has 0 spiro atoms. The van der Waals surface area contributed by atoms with Gasteiger partial charge in [0.25, 0.3) is 0 Å². The molecule has 2 N–H and O–H groups in total. The third-order valence-corrected chi connectivity index (χ3v) is 5.28. The molecule has 8 heteroatoms. The van der Waals surface area contributed by atoms with E-state index in [0.717, 1.165) is 24.5 Å². The maximum absolute atomic E-state index is 13.5. The maximum atomic E-state index is 13.5. The van der Waals surface area contributed by atoms with Gasteiger partial charge in [0, 0.05) is 10.7 Å². The largest absolute Gasteiger partial charge is 0.348 e. The van der Waals surface area contributed by atoms with E-state index in [1.54, 1.807) is 0 Å². The third-order valence-electron chi connectivity index (χ3n) is 4.74. The van der Waals surface area contributed by atoms with E-state index in [-0.39, 0.29) is 6.42 Å². The fourth-order valence-corrected chi connectivity index (χ4v) is 3.44. The van der Waals surface area contributed by atoms with Gasteiger partial charge in [-0.1, -0.05) is 74.5 Å². The Morgan fingerprint density at radius 3 is 2.21 bits per heavy atom. The van der Waals surface area contributed by atoms with Crippen molar-refractivity contribution in [3.05, 3.63) is 57.7 Å². The van der Waals surface area contributed by atoms with E-state index in [1.807, 2.05) is 12.1 Å². The van der Waals surface area contributed by atoms with E-state index >= 15 is 0 Å². The van der Waals surface area contributed by atoms with E-state index in [9.17, 15) is 8.96 Å². The summed E-state index contributed by atoms with van der Waals surface area (Å²) >= 11 is 0. The van der Waals surface area contributed by atoms with Crippen LogP contribution in [0.3, 0.4) is 0 Å². The highest BCUT2D eigenvalue weighted by atomic mass is 31.2. The minimum absolute atomic E-state index is 0.126. The molecule has 0 heterocycles. The maximum Gasteiger partial charge on any atom is 0.348 e. The van der Waals surface area contributed by atoms with Crippen molar-refractivity contribution in [2.45, 2.75) is 70.3 Å². The monoisotopic (exact) mass is 411 g/mol. The van der Waals surface area contributed by atoms with Gasteiger partial charge in [-0.25, -0.2) is 0 Å². The quantitative estimate of drug-likeness (QED) is 0.124. The number of benzene rings is 1. The van der Waals surface area contributed by atoms with Gasteiger partial charge in [-0.2, -0.15) is 0 Å². The number of hydrogen-bond donors (Lipinski definition) is 2. The molecule has 1 aromatic carbocycles. The molecular weight excluding hydrogens is 380 g/mol. The first-order chi connectivity index (χ1) is 13.3. The van der Waals surface area contributed by atoms with Crippen LogP contribution >= 0.6 is 7.60 Å². The number of nitrogens with zero attached hydrogens (tertiary/aromatic N) is 3. The molecule has 0 aromatic heterocycles. The summed E-state index contributed by atoms with van der Waals surface area (Å²) in [6.45, 7) is 1.18. The molecule has 0 bridgehead atoms. The van der Waals surface area contributed by atoms with Crippen LogP contribution < -0.4 is 0 Å². The van der Waals surface area contributed by atoms with Crippen LogP contribution in [-0.4, -0.2) is 22.0 Å². The molecule has 0 amide bonds. The molecule has 0 aliphatic heterocycles. The normalized spacial score (nSPS) is 14.0. The fraction of sp³-hybridized carbons (Fsp3) is 0.600. The summed E-state index contributed by atoms with van der Waals surface area (Å²) in [5, 5.41) is 3.46. The van der Waals surface area contributed by atoms with Gasteiger partial charge in [-0.05, 0) is 42.3 Å². The van der Waals surface area contributed by atoms with Crippen LogP contribution in [-0.2, 0) is 17.4 Å². The van der Waals surface area contributed by atoms with Crippen molar-refractivity contribution in [2.24, 2.45) is 5.11 Å². The van der Waals surface area contributed by atoms with E-state index in [0.29, 0.717) is 12.2 Å². The lowest BCUT2D eigenvalue weighted by Gasteiger charge is -2.21. The number of aryl methyl sites for hydroxylation is 2. The summed E-state index contributed by atoms with van der Waals surface area (Å²) in [7, 11) is -4.45. The highest BCUT2D eigenvalue weighted by Crippen LogP contribution is 2.38. The fourth-order valence-electron chi connectivity index (χ4n) is 2.97. The lowest BCUT2D eigenvalue weighted by Crippen LogP contribution is -2.26. The van der Waals surface area contributed by atoms with Crippen LogP contribution in [0.1, 0.15) is 63.0 Å². The first-order valence-corrected chi connectivity index (χ1v) is 11.5. The zero-order valence-corrected chi connectivity index (χ0v) is 17.4. The molecule has 1 atom stereocenters. The smallest absolute Gasteiger partial charge is 0.321 e. The number of azide groups is 1. The minimum atomic E-state index is -4.45. The van der Waals surface area contributed by atoms with E-state index in [4.69, 9.17) is 15.3 Å². The second-order valence-electron chi connectivity index (χ2n) is 7.17. The molecule has 1 aromatic rings. The van der Waals surface area contributed by atoms with Crippen molar-refractivity contribution in [3.63, 3.8) is 0 Å². The highest BCUT2D eigenvalue weighted by Gasteiger charge is 2.27. The molecule has 0 aliphatic rings. The average Bonchev–Trinajstić information content (AvgIpc) is 2.67. The lowest BCUT2D eigenvalue weighted by atomic mass is 9.93. The van der Waals surface area contributed by atoms with Crippen molar-refractivity contribution in [3.8, 4) is 0 Å². The summed E-state index contributed by atoms with van der Waals surface area (Å²) in [6.07, 6.45) is 10.1. The zero-order chi connectivity index (χ0) is 20.9. The Hall–Kier alpha value is -1.65. The van der Waals surface area contributed by atoms with Crippen molar-refractivity contribution in [1.82, 2.24) is 0 Å². The first kappa shape index (κ1) is 24.4. The number of unbranched alkanes of at least 4 members (excludes halogenated alkanes) is 5. The highest BCUT2D eigenvalue weighted by molar-refractivity contribution is 7.55. The Balaban J connectivity index is 2.60. The average molecular weight is 411 g/mol. The predicted molar refractivity (Wildman–Crippen MR) is 111 cm³/mol. The SMILES string of the molecule is CCCCCCCCc1ccc(CCC(/C=C/P(=O)(O)O)(CF)N=[N+]=[N-])cc1. The third kappa shape index (κ3) is 10.0. The molecule has 0 saturated carbocycles. The Morgan fingerprint density at radius 2 is 1.68 bits per heavy atom. The lowest BCUT2D eigenvalue weighted by molar-refractivity contribution is 0.342. The number of hydrogen-bond acceptors (Lipinski definition) is 2. The zero-order valence-electron chi connectivity index (χ0n) is 16.5. The van der Waals surface area contributed by atoms with Gasteiger partial charge >= 0.3 is 7.60 Å². The molecule has 28 heavy (non-hydrogen) atoms. The van der Waals surface area contributed by atoms with Crippen LogP contribution in [0.4, 0.5) is 4.39 Å². The molecule has 0 radical (unpaired) electrons. The van der Waals surface area contributed by atoms with E-state index in [2.05, 4.69) is 29.1 Å². The second kappa shape index (κ2) is 12.7. The molecule has 1 unspecified atom stereocenters. The number of alkyl halides is 1. The molecule has 6 nitrogen and oxygen atoms in total. The number of halogens is 1. The summed E-state index contributed by atoms with van der Waals surface area (Å²) in [4.78, 5) is 20.6. The molecular formula is C20H31FN3O3P. The second-order valence-corrected chi connectivity index (χ2v) is 8.64. The minimum Gasteiger partial charge on any atom is -0.321 e. The van der Waals surface area contributed by atoms with Crippen LogP contribution in [0.25, 0.3) is 10.4 Å². The van der Waals surface area contributed by atoms with Crippen LogP contribution in [0, 0.1) is 0 Å². The van der Waals surface area contributed by atoms with Gasteiger partial charge < -0.3 is 9.79 Å². The molecule has 156 valence electrons. The van der Waals surface area contributed by atoms with Crippen molar-refractivity contribution in [1.29, 1.82) is 0 Å². The van der Waals surface area contributed by atoms with Gasteiger partial charge in [0.15, 0.2) is 0 Å². The summed E-state index contributed by atoms with van der Waals surface area (Å²) in [5.74, 6) is 0.602. The van der Waals surface area contributed by atoms with Gasteiger partial charge in [0.2, 0.25) is 0 Å². The van der Waals surface area contributed by atoms with Crippen LogP contribution in [0.2, 0.25) is 0 Å². The molecule has 0 aliphatic carbocycles. The van der Waals surface area contributed by atoms with Crippen LogP contribution in [0.15, 0.2) is 41.3 Å². The van der Waals surface area contributed by atoms with E-state index < -0.39 is 19.8 Å². The Bertz CT molecular complexity index is 699. The Kier molecular flexibility index (Phi) is 11.1. The standard InChI is InChI=1S/C20H31FN3O3P/c1-2-3-4-5-6-7-8-18-9-11-19(12-10-18)13-14-20(17-21,23-24-22)15-16-28(25,26)27/h9-12,15-16H,2-8,13-14,17H2,1H3,(H2,25,26,27)/b16-15+. The first-order valence-electron chi connectivity index (χ1n) is 9.80. The van der Waals surface area contributed by atoms with Gasteiger partial charge in [0.05, 0.1) is 5.54 Å². The van der Waals surface area contributed by atoms with Gasteiger partial charge in [-0.3, -0.25) is 8.96 Å². The molecule has 0 saturated heterocycles. The van der Waals surface area contributed by atoms with Gasteiger partial charge in [-0.15, -0.1) is 0 Å². The summed E-state index contributed by atoms with van der Waals surface area (Å²) in [5.41, 5.74) is 9.34. The molecule has 1 rings (SSSR count). The topological polar surface area (TPSA) is 106 Å². The summed E-state index contributed by atoms with van der Waals surface area (Å²) < 4.78 is 24.5.